The highest BCUT2D eigenvalue weighted by Gasteiger charge is 2.33. The summed E-state index contributed by atoms with van der Waals surface area (Å²) in [7, 11) is -3.35. The van der Waals surface area contributed by atoms with Gasteiger partial charge in [0.2, 0.25) is 10.0 Å². The van der Waals surface area contributed by atoms with E-state index in [2.05, 4.69) is 18.6 Å². The molecule has 1 fully saturated rings. The van der Waals surface area contributed by atoms with E-state index >= 15 is 0 Å². The molecular weight excluding hydrogens is 214 g/mol. The fourth-order valence-corrected chi connectivity index (χ4v) is 3.14. The van der Waals surface area contributed by atoms with E-state index in [4.69, 9.17) is 5.11 Å². The first-order chi connectivity index (χ1) is 6.88. The lowest BCUT2D eigenvalue weighted by Gasteiger charge is -2.21. The summed E-state index contributed by atoms with van der Waals surface area (Å²) < 4.78 is 26.1. The van der Waals surface area contributed by atoms with Crippen molar-refractivity contribution in [3.63, 3.8) is 0 Å². The molecule has 4 atom stereocenters. The molecule has 0 aromatic rings. The molecule has 90 valence electrons. The van der Waals surface area contributed by atoms with E-state index in [0.29, 0.717) is 11.8 Å². The summed E-state index contributed by atoms with van der Waals surface area (Å²) in [5.74, 6) is 0.952. The van der Waals surface area contributed by atoms with Gasteiger partial charge in [-0.25, -0.2) is 13.1 Å². The number of rotatable bonds is 4. The third-order valence-electron chi connectivity index (χ3n) is 3.57. The summed E-state index contributed by atoms with van der Waals surface area (Å²) in [6.07, 6.45) is 1.97. The summed E-state index contributed by atoms with van der Waals surface area (Å²) >= 11 is 0. The van der Waals surface area contributed by atoms with Gasteiger partial charge in [-0.15, -0.1) is 0 Å². The highest BCUT2D eigenvalue weighted by molar-refractivity contribution is 7.90. The van der Waals surface area contributed by atoms with Gasteiger partial charge in [-0.1, -0.05) is 13.8 Å². The molecule has 15 heavy (non-hydrogen) atoms. The predicted octanol–water partition coefficient (Wildman–Crippen LogP) is 0.721. The van der Waals surface area contributed by atoms with Crippen LogP contribution in [0.15, 0.2) is 0 Å². The molecule has 1 rings (SSSR count). The van der Waals surface area contributed by atoms with Crippen molar-refractivity contribution in [2.75, 3.05) is 6.61 Å². The molecule has 1 saturated carbocycles. The lowest BCUT2D eigenvalue weighted by atomic mass is 9.98. The van der Waals surface area contributed by atoms with E-state index in [1.54, 1.807) is 0 Å². The zero-order chi connectivity index (χ0) is 11.6. The van der Waals surface area contributed by atoms with Crippen LogP contribution in [0, 0.1) is 11.8 Å². The molecule has 0 aromatic heterocycles. The maximum absolute atomic E-state index is 11.7. The van der Waals surface area contributed by atoms with E-state index in [-0.39, 0.29) is 12.6 Å². The Balaban J connectivity index is 2.63. The Morgan fingerprint density at radius 1 is 1.40 bits per heavy atom. The van der Waals surface area contributed by atoms with Crippen LogP contribution in [0.2, 0.25) is 0 Å². The van der Waals surface area contributed by atoms with Crippen molar-refractivity contribution in [1.82, 2.24) is 4.72 Å². The SMILES string of the molecule is CC1CCC(NS(=O)(=O)C(C)CO)C1C. The topological polar surface area (TPSA) is 66.4 Å². The van der Waals surface area contributed by atoms with Crippen molar-refractivity contribution in [3.05, 3.63) is 0 Å². The van der Waals surface area contributed by atoms with Crippen molar-refractivity contribution < 1.29 is 13.5 Å². The molecule has 0 amide bonds. The molecular formula is C10H21NO3S. The van der Waals surface area contributed by atoms with Crippen LogP contribution in [0.1, 0.15) is 33.6 Å². The number of hydrogen-bond donors (Lipinski definition) is 2. The molecule has 1 aliphatic rings. The van der Waals surface area contributed by atoms with Crippen LogP contribution in [0.25, 0.3) is 0 Å². The first kappa shape index (κ1) is 12.9. The molecule has 1 aliphatic carbocycles. The fourth-order valence-electron chi connectivity index (χ4n) is 1.96. The first-order valence-electron chi connectivity index (χ1n) is 5.50. The normalized spacial score (nSPS) is 34.3. The van der Waals surface area contributed by atoms with Gasteiger partial charge in [-0.3, -0.25) is 0 Å². The lowest BCUT2D eigenvalue weighted by molar-refractivity contribution is 0.293. The standard InChI is InChI=1S/C10H21NO3S/c1-7-4-5-10(9(7)3)11-15(13,14)8(2)6-12/h7-12H,4-6H2,1-3H3. The summed E-state index contributed by atoms with van der Waals surface area (Å²) in [4.78, 5) is 0. The highest BCUT2D eigenvalue weighted by atomic mass is 32.2. The quantitative estimate of drug-likeness (QED) is 0.754. The largest absolute Gasteiger partial charge is 0.395 e. The molecule has 0 aliphatic heterocycles. The Hall–Kier alpha value is -0.130. The molecule has 0 heterocycles. The minimum Gasteiger partial charge on any atom is -0.395 e. The van der Waals surface area contributed by atoms with Gasteiger partial charge in [-0.2, -0.15) is 0 Å². The fraction of sp³-hybridized carbons (Fsp3) is 1.00. The molecule has 0 radical (unpaired) electrons. The van der Waals surface area contributed by atoms with Gasteiger partial charge in [0.15, 0.2) is 0 Å². The van der Waals surface area contributed by atoms with Crippen LogP contribution in [-0.2, 0) is 10.0 Å². The predicted molar refractivity (Wildman–Crippen MR) is 60.0 cm³/mol. The van der Waals surface area contributed by atoms with Crippen LogP contribution in [0.3, 0.4) is 0 Å². The molecule has 0 aromatic carbocycles. The zero-order valence-electron chi connectivity index (χ0n) is 9.60. The Kier molecular flexibility index (Phi) is 4.14. The van der Waals surface area contributed by atoms with Crippen LogP contribution < -0.4 is 4.72 Å². The lowest BCUT2D eigenvalue weighted by Crippen LogP contribution is -2.42. The van der Waals surface area contributed by atoms with Crippen LogP contribution in [0.5, 0.6) is 0 Å². The Bertz CT molecular complexity index is 302. The monoisotopic (exact) mass is 235 g/mol. The summed E-state index contributed by atoms with van der Waals surface area (Å²) in [5.41, 5.74) is 0. The van der Waals surface area contributed by atoms with Gasteiger partial charge in [0.25, 0.3) is 0 Å². The van der Waals surface area contributed by atoms with E-state index in [1.165, 1.54) is 6.92 Å². The summed E-state index contributed by atoms with van der Waals surface area (Å²) in [6.45, 7) is 5.42. The Labute approximate surface area is 92.1 Å². The number of aliphatic hydroxyl groups excluding tert-OH is 1. The molecule has 5 heteroatoms. The van der Waals surface area contributed by atoms with E-state index in [1.807, 2.05) is 0 Å². The van der Waals surface area contributed by atoms with Crippen molar-refractivity contribution >= 4 is 10.0 Å². The molecule has 0 spiro atoms. The molecule has 2 N–H and O–H groups in total. The second-order valence-corrected chi connectivity index (χ2v) is 6.81. The van der Waals surface area contributed by atoms with Gasteiger partial charge in [0.05, 0.1) is 11.9 Å². The average molecular weight is 235 g/mol. The third-order valence-corrected chi connectivity index (χ3v) is 5.41. The van der Waals surface area contributed by atoms with Gasteiger partial charge in [0, 0.05) is 6.04 Å². The summed E-state index contributed by atoms with van der Waals surface area (Å²) in [6, 6.07) is 0.0407. The molecule has 0 bridgehead atoms. The number of sulfonamides is 1. The maximum Gasteiger partial charge on any atom is 0.216 e. The third kappa shape index (κ3) is 2.92. The van der Waals surface area contributed by atoms with Crippen molar-refractivity contribution in [2.24, 2.45) is 11.8 Å². The van der Waals surface area contributed by atoms with Crippen molar-refractivity contribution in [2.45, 2.75) is 44.9 Å². The minimum atomic E-state index is -3.35. The smallest absolute Gasteiger partial charge is 0.216 e. The second-order valence-electron chi connectivity index (χ2n) is 4.68. The van der Waals surface area contributed by atoms with Crippen LogP contribution in [0.4, 0.5) is 0 Å². The van der Waals surface area contributed by atoms with Gasteiger partial charge >= 0.3 is 0 Å². The van der Waals surface area contributed by atoms with Crippen LogP contribution in [-0.4, -0.2) is 31.4 Å². The van der Waals surface area contributed by atoms with E-state index in [0.717, 1.165) is 12.8 Å². The van der Waals surface area contributed by atoms with Gasteiger partial charge in [-0.05, 0) is 31.6 Å². The molecule has 4 nitrogen and oxygen atoms in total. The summed E-state index contributed by atoms with van der Waals surface area (Å²) in [5, 5.41) is 8.12. The van der Waals surface area contributed by atoms with E-state index < -0.39 is 15.3 Å². The molecule has 0 saturated heterocycles. The Morgan fingerprint density at radius 3 is 2.40 bits per heavy atom. The second kappa shape index (κ2) is 4.80. The Morgan fingerprint density at radius 2 is 2.00 bits per heavy atom. The van der Waals surface area contributed by atoms with E-state index in [9.17, 15) is 8.42 Å². The highest BCUT2D eigenvalue weighted by Crippen LogP contribution is 2.31. The van der Waals surface area contributed by atoms with Gasteiger partial charge in [0.1, 0.15) is 0 Å². The zero-order valence-corrected chi connectivity index (χ0v) is 10.4. The number of aliphatic hydroxyl groups is 1. The first-order valence-corrected chi connectivity index (χ1v) is 7.05. The van der Waals surface area contributed by atoms with Crippen molar-refractivity contribution in [3.8, 4) is 0 Å². The van der Waals surface area contributed by atoms with Crippen LogP contribution >= 0.6 is 0 Å². The maximum atomic E-state index is 11.7. The minimum absolute atomic E-state index is 0.0407. The average Bonchev–Trinajstić information content (AvgIpc) is 2.48. The number of nitrogens with one attached hydrogen (secondary N) is 1. The molecule has 4 unspecified atom stereocenters. The van der Waals surface area contributed by atoms with Crippen molar-refractivity contribution in [1.29, 1.82) is 0 Å². The van der Waals surface area contributed by atoms with Gasteiger partial charge < -0.3 is 5.11 Å². The number of hydrogen-bond acceptors (Lipinski definition) is 3.